The van der Waals surface area contributed by atoms with Crippen molar-refractivity contribution >= 4 is 23.0 Å². The lowest BCUT2D eigenvalue weighted by atomic mass is 9.67. The number of benzene rings is 1. The van der Waals surface area contributed by atoms with Gasteiger partial charge in [-0.25, -0.2) is 9.59 Å². The monoisotopic (exact) mass is 360 g/mol. The number of rotatable bonds is 4. The summed E-state index contributed by atoms with van der Waals surface area (Å²) in [6, 6.07) is 7.70. The number of carbonyl (C=O) groups is 2. The first-order valence-corrected chi connectivity index (χ1v) is 8.59. The highest BCUT2D eigenvalue weighted by atomic mass is 16.6. The van der Waals surface area contributed by atoms with Gasteiger partial charge in [-0.15, -0.1) is 0 Å². The Bertz CT molecular complexity index is 832. The average Bonchev–Trinajstić information content (AvgIpc) is 2.95. The highest BCUT2D eigenvalue weighted by molar-refractivity contribution is 5.90. The molecule has 0 aliphatic heterocycles. The van der Waals surface area contributed by atoms with Crippen LogP contribution in [0.3, 0.4) is 0 Å². The summed E-state index contributed by atoms with van der Waals surface area (Å²) in [4.78, 5) is 29.3. The number of amides is 1. The second-order valence-corrected chi connectivity index (χ2v) is 8.29. The predicted molar refractivity (Wildman–Crippen MR) is 101 cm³/mol. The van der Waals surface area contributed by atoms with Crippen LogP contribution in [-0.4, -0.2) is 45.2 Å². The Morgan fingerprint density at radius 2 is 1.65 bits per heavy atom. The van der Waals surface area contributed by atoms with Crippen LogP contribution in [0.5, 0.6) is 0 Å². The summed E-state index contributed by atoms with van der Waals surface area (Å²) in [6.07, 6.45) is 1.14. The van der Waals surface area contributed by atoms with Gasteiger partial charge in [0.15, 0.2) is 0 Å². The van der Waals surface area contributed by atoms with E-state index in [1.54, 1.807) is 27.7 Å². The van der Waals surface area contributed by atoms with Crippen LogP contribution in [0.15, 0.2) is 30.5 Å². The third-order valence-electron chi connectivity index (χ3n) is 5.23. The molecule has 1 heterocycles. The fourth-order valence-corrected chi connectivity index (χ4v) is 3.19. The Labute approximate surface area is 154 Å². The van der Waals surface area contributed by atoms with E-state index in [9.17, 15) is 14.7 Å². The van der Waals surface area contributed by atoms with Crippen molar-refractivity contribution in [3.8, 4) is 0 Å². The van der Waals surface area contributed by atoms with Gasteiger partial charge in [-0.3, -0.25) is 4.90 Å². The van der Waals surface area contributed by atoms with Crippen molar-refractivity contribution in [2.45, 2.75) is 58.1 Å². The Morgan fingerprint density at radius 3 is 2.19 bits per heavy atom. The molecule has 0 radical (unpaired) electrons. The van der Waals surface area contributed by atoms with Gasteiger partial charge in [-0.05, 0) is 39.3 Å². The van der Waals surface area contributed by atoms with Gasteiger partial charge in [-0.2, -0.15) is 0 Å². The molecule has 6 heteroatoms. The summed E-state index contributed by atoms with van der Waals surface area (Å²) in [6.45, 7) is 10.5. The molecular weight excluding hydrogens is 332 g/mol. The number of nitrogens with zero attached hydrogens (tertiary/aromatic N) is 1. The summed E-state index contributed by atoms with van der Waals surface area (Å²) in [7, 11) is 1.47. The Kier molecular flexibility index (Phi) is 4.83. The molecule has 142 valence electrons. The van der Waals surface area contributed by atoms with Crippen LogP contribution >= 0.6 is 0 Å². The standard InChI is InChI=1S/C20H28N2O4/c1-18(2,3)26-17(25)22(7)20(6,16(23)24)19(4,5)14-12-21-15-11-9-8-10-13(14)15/h8-12,21H,1-7H3,(H,23,24)/t20-/m1/s1. The number of carboxylic acids is 1. The Balaban J connectivity index is 2.56. The molecule has 0 saturated carbocycles. The summed E-state index contributed by atoms with van der Waals surface area (Å²) in [5, 5.41) is 11.0. The lowest BCUT2D eigenvalue weighted by Crippen LogP contribution is -2.64. The van der Waals surface area contributed by atoms with Crippen LogP contribution in [0.25, 0.3) is 10.9 Å². The largest absolute Gasteiger partial charge is 0.479 e. The fraction of sp³-hybridized carbons (Fsp3) is 0.500. The van der Waals surface area contributed by atoms with Crippen molar-refractivity contribution in [1.82, 2.24) is 9.88 Å². The smallest absolute Gasteiger partial charge is 0.411 e. The van der Waals surface area contributed by atoms with Crippen molar-refractivity contribution < 1.29 is 19.4 Å². The molecule has 1 amide bonds. The molecule has 0 fully saturated rings. The number of para-hydroxylation sites is 1. The lowest BCUT2D eigenvalue weighted by Gasteiger charge is -2.46. The number of aliphatic carboxylic acids is 1. The number of hydrogen-bond donors (Lipinski definition) is 2. The highest BCUT2D eigenvalue weighted by Gasteiger charge is 2.54. The van der Waals surface area contributed by atoms with Crippen molar-refractivity contribution in [2.24, 2.45) is 0 Å². The van der Waals surface area contributed by atoms with Crippen molar-refractivity contribution in [3.05, 3.63) is 36.0 Å². The first-order chi connectivity index (χ1) is 11.8. The molecule has 0 aliphatic rings. The maximum atomic E-state index is 12.6. The maximum absolute atomic E-state index is 12.6. The van der Waals surface area contributed by atoms with Crippen LogP contribution in [0.4, 0.5) is 4.79 Å². The van der Waals surface area contributed by atoms with Gasteiger partial charge in [0.05, 0.1) is 0 Å². The number of carbonyl (C=O) groups excluding carboxylic acids is 1. The minimum Gasteiger partial charge on any atom is -0.479 e. The van der Waals surface area contributed by atoms with Crippen molar-refractivity contribution in [1.29, 1.82) is 0 Å². The maximum Gasteiger partial charge on any atom is 0.411 e. The number of fused-ring (bicyclic) bond motifs is 1. The van der Waals surface area contributed by atoms with Gasteiger partial charge in [0.1, 0.15) is 11.1 Å². The van der Waals surface area contributed by atoms with E-state index in [0.717, 1.165) is 16.5 Å². The molecule has 26 heavy (non-hydrogen) atoms. The first kappa shape index (κ1) is 19.8. The van der Waals surface area contributed by atoms with E-state index in [1.165, 1.54) is 11.9 Å². The van der Waals surface area contributed by atoms with E-state index in [1.807, 2.05) is 44.3 Å². The summed E-state index contributed by atoms with van der Waals surface area (Å²) in [5.74, 6) is -1.10. The highest BCUT2D eigenvalue weighted by Crippen LogP contribution is 2.42. The quantitative estimate of drug-likeness (QED) is 0.858. The van der Waals surface area contributed by atoms with Crippen LogP contribution in [-0.2, 0) is 14.9 Å². The Morgan fingerprint density at radius 1 is 1.08 bits per heavy atom. The zero-order valence-electron chi connectivity index (χ0n) is 16.5. The fourth-order valence-electron chi connectivity index (χ4n) is 3.19. The van der Waals surface area contributed by atoms with Gasteiger partial charge >= 0.3 is 12.1 Å². The molecule has 1 atom stereocenters. The van der Waals surface area contributed by atoms with Crippen molar-refractivity contribution in [2.75, 3.05) is 7.05 Å². The molecule has 6 nitrogen and oxygen atoms in total. The van der Waals surface area contributed by atoms with E-state index >= 15 is 0 Å². The molecule has 1 aromatic heterocycles. The third kappa shape index (κ3) is 3.16. The van der Waals surface area contributed by atoms with Gasteiger partial charge in [0, 0.05) is 29.6 Å². The van der Waals surface area contributed by atoms with Crippen LogP contribution in [0, 0.1) is 0 Å². The number of carboxylic acid groups (broad SMARTS) is 1. The predicted octanol–water partition coefficient (Wildman–Crippen LogP) is 4.16. The van der Waals surface area contributed by atoms with Crippen LogP contribution in [0.2, 0.25) is 0 Å². The second-order valence-electron chi connectivity index (χ2n) is 8.29. The second kappa shape index (κ2) is 6.34. The normalized spacial score (nSPS) is 14.7. The number of likely N-dealkylation sites (N-methyl/N-ethyl adjacent to an activating group) is 1. The van der Waals surface area contributed by atoms with Crippen LogP contribution in [0.1, 0.15) is 47.1 Å². The number of aromatic amines is 1. The Hall–Kier alpha value is -2.50. The molecule has 0 bridgehead atoms. The molecule has 1 aromatic carbocycles. The van der Waals surface area contributed by atoms with E-state index in [-0.39, 0.29) is 0 Å². The number of aromatic nitrogens is 1. The molecule has 0 aliphatic carbocycles. The number of nitrogens with one attached hydrogen (secondary N) is 1. The zero-order valence-corrected chi connectivity index (χ0v) is 16.5. The lowest BCUT2D eigenvalue weighted by molar-refractivity contribution is -0.153. The minimum atomic E-state index is -1.53. The third-order valence-corrected chi connectivity index (χ3v) is 5.23. The van der Waals surface area contributed by atoms with Crippen molar-refractivity contribution in [3.63, 3.8) is 0 Å². The van der Waals surface area contributed by atoms with E-state index in [2.05, 4.69) is 4.98 Å². The van der Waals surface area contributed by atoms with Gasteiger partial charge in [-0.1, -0.05) is 32.0 Å². The molecule has 0 saturated heterocycles. The van der Waals surface area contributed by atoms with Gasteiger partial charge in [0.25, 0.3) is 0 Å². The van der Waals surface area contributed by atoms with Gasteiger partial charge in [0.2, 0.25) is 0 Å². The molecular formula is C20H28N2O4. The minimum absolute atomic E-state index is 0.671. The average molecular weight is 360 g/mol. The van der Waals surface area contributed by atoms with E-state index < -0.39 is 28.6 Å². The number of H-pyrrole nitrogens is 1. The van der Waals surface area contributed by atoms with Gasteiger partial charge < -0.3 is 14.8 Å². The summed E-state index contributed by atoms with van der Waals surface area (Å²) < 4.78 is 5.41. The molecule has 2 aromatic rings. The summed E-state index contributed by atoms with van der Waals surface area (Å²) >= 11 is 0. The van der Waals surface area contributed by atoms with E-state index in [0.29, 0.717) is 0 Å². The molecule has 2 N–H and O–H groups in total. The molecule has 0 spiro atoms. The molecule has 2 rings (SSSR count). The first-order valence-electron chi connectivity index (χ1n) is 8.59. The number of ether oxygens (including phenoxy) is 1. The SMILES string of the molecule is CN(C(=O)OC(C)(C)C)[C@](C)(C(=O)O)C(C)(C)c1c[nH]c2ccccc12. The van der Waals surface area contributed by atoms with Crippen LogP contribution < -0.4 is 0 Å². The molecule has 0 unspecified atom stereocenters. The zero-order chi connectivity index (χ0) is 19.9. The summed E-state index contributed by atoms with van der Waals surface area (Å²) in [5.41, 5.74) is -1.39. The number of hydrogen-bond acceptors (Lipinski definition) is 3. The van der Waals surface area contributed by atoms with E-state index in [4.69, 9.17) is 4.74 Å². The topological polar surface area (TPSA) is 82.6 Å².